The third-order valence-corrected chi connectivity index (χ3v) is 5.86. The van der Waals surface area contributed by atoms with E-state index in [2.05, 4.69) is 15.3 Å². The molecule has 0 spiro atoms. The highest BCUT2D eigenvalue weighted by atomic mass is 32.2. The van der Waals surface area contributed by atoms with Gasteiger partial charge in [-0.3, -0.25) is 4.79 Å². The summed E-state index contributed by atoms with van der Waals surface area (Å²) in [7, 11) is 3.22. The third-order valence-electron chi connectivity index (χ3n) is 3.83. The van der Waals surface area contributed by atoms with Crippen molar-refractivity contribution in [1.82, 2.24) is 15.3 Å². The van der Waals surface area contributed by atoms with Crippen molar-refractivity contribution in [2.75, 3.05) is 20.0 Å². The zero-order valence-corrected chi connectivity index (χ0v) is 16.3. The molecule has 0 aliphatic carbocycles. The number of hydrogen-bond acceptors (Lipinski definition) is 7. The van der Waals surface area contributed by atoms with Crippen LogP contribution in [0.5, 0.6) is 11.5 Å². The van der Waals surface area contributed by atoms with Crippen LogP contribution in [0.2, 0.25) is 0 Å². The van der Waals surface area contributed by atoms with Gasteiger partial charge in [0.2, 0.25) is 5.91 Å². The Bertz CT molecular complexity index is 914. The van der Waals surface area contributed by atoms with Crippen LogP contribution in [0, 0.1) is 0 Å². The van der Waals surface area contributed by atoms with E-state index in [1.165, 1.54) is 18.1 Å². The molecule has 8 heteroatoms. The molecule has 1 N–H and O–H groups in total. The lowest BCUT2D eigenvalue weighted by molar-refractivity contribution is -0.119. The van der Waals surface area contributed by atoms with Gasteiger partial charge in [0.1, 0.15) is 22.9 Å². The van der Waals surface area contributed by atoms with E-state index < -0.39 is 0 Å². The molecule has 0 bridgehead atoms. The van der Waals surface area contributed by atoms with Gasteiger partial charge in [0.15, 0.2) is 0 Å². The van der Waals surface area contributed by atoms with Gasteiger partial charge in [0, 0.05) is 5.56 Å². The summed E-state index contributed by atoms with van der Waals surface area (Å²) in [6, 6.07) is 7.27. The average molecular weight is 390 g/mol. The van der Waals surface area contributed by atoms with Crippen LogP contribution in [0.3, 0.4) is 0 Å². The first-order valence-electron chi connectivity index (χ1n) is 7.94. The Balaban J connectivity index is 1.65. The minimum Gasteiger partial charge on any atom is -0.497 e. The van der Waals surface area contributed by atoms with Gasteiger partial charge in [0.05, 0.1) is 36.2 Å². The van der Waals surface area contributed by atoms with E-state index in [1.807, 2.05) is 36.6 Å². The lowest BCUT2D eigenvalue weighted by Crippen LogP contribution is -2.28. The fourth-order valence-corrected chi connectivity index (χ4v) is 4.30. The monoisotopic (exact) mass is 389 g/mol. The number of carbonyl (C=O) groups excluding carboxylic acids is 1. The Morgan fingerprint density at radius 2 is 2.12 bits per heavy atom. The van der Waals surface area contributed by atoms with Gasteiger partial charge in [-0.2, -0.15) is 0 Å². The number of hydrogen-bond donors (Lipinski definition) is 1. The van der Waals surface area contributed by atoms with Crippen LogP contribution < -0.4 is 14.8 Å². The quantitative estimate of drug-likeness (QED) is 0.491. The number of rotatable bonds is 7. The second-order valence-electron chi connectivity index (χ2n) is 5.50. The molecule has 26 heavy (non-hydrogen) atoms. The SMILES string of the molecule is COc1ccc(OC)c([C@H](C)NC(=O)CSc2ncnc3ccsc23)c1. The van der Waals surface area contributed by atoms with Gasteiger partial charge in [-0.05, 0) is 36.6 Å². The van der Waals surface area contributed by atoms with Gasteiger partial charge in [-0.1, -0.05) is 11.8 Å². The molecule has 0 saturated carbocycles. The minimum atomic E-state index is -0.208. The van der Waals surface area contributed by atoms with E-state index in [0.29, 0.717) is 5.75 Å². The van der Waals surface area contributed by atoms with E-state index in [0.717, 1.165) is 26.6 Å². The van der Waals surface area contributed by atoms with E-state index in [9.17, 15) is 4.79 Å². The molecule has 1 atom stereocenters. The zero-order chi connectivity index (χ0) is 18.5. The normalized spacial score (nSPS) is 12.0. The van der Waals surface area contributed by atoms with E-state index in [1.54, 1.807) is 25.6 Å². The van der Waals surface area contributed by atoms with Crippen molar-refractivity contribution in [3.05, 3.63) is 41.5 Å². The van der Waals surface area contributed by atoms with E-state index in [4.69, 9.17) is 9.47 Å². The molecule has 1 aromatic carbocycles. The van der Waals surface area contributed by atoms with Crippen LogP contribution in [0.25, 0.3) is 10.2 Å². The summed E-state index contributed by atoms with van der Waals surface area (Å²) in [6.45, 7) is 1.92. The number of nitrogens with zero attached hydrogens (tertiary/aromatic N) is 2. The van der Waals surface area contributed by atoms with E-state index >= 15 is 0 Å². The second-order valence-corrected chi connectivity index (χ2v) is 7.38. The minimum absolute atomic E-state index is 0.0734. The number of thioether (sulfide) groups is 1. The van der Waals surface area contributed by atoms with E-state index in [-0.39, 0.29) is 17.7 Å². The third kappa shape index (κ3) is 4.08. The maximum atomic E-state index is 12.4. The highest BCUT2D eigenvalue weighted by Gasteiger charge is 2.16. The zero-order valence-electron chi connectivity index (χ0n) is 14.7. The van der Waals surface area contributed by atoms with Crippen molar-refractivity contribution in [2.24, 2.45) is 0 Å². The topological polar surface area (TPSA) is 73.3 Å². The van der Waals surface area contributed by atoms with Crippen molar-refractivity contribution < 1.29 is 14.3 Å². The number of fused-ring (bicyclic) bond motifs is 1. The molecule has 2 heterocycles. The molecule has 136 valence electrons. The Kier molecular flexibility index (Phi) is 5.95. The van der Waals surface area contributed by atoms with Gasteiger partial charge >= 0.3 is 0 Å². The van der Waals surface area contributed by atoms with Gasteiger partial charge in [0.25, 0.3) is 0 Å². The smallest absolute Gasteiger partial charge is 0.230 e. The summed E-state index contributed by atoms with van der Waals surface area (Å²) in [5.41, 5.74) is 1.77. The Hall–Kier alpha value is -2.32. The van der Waals surface area contributed by atoms with Crippen LogP contribution in [-0.2, 0) is 4.79 Å². The van der Waals surface area contributed by atoms with Crippen LogP contribution in [0.1, 0.15) is 18.5 Å². The maximum absolute atomic E-state index is 12.4. The molecule has 0 aliphatic rings. The number of benzene rings is 1. The molecule has 6 nitrogen and oxygen atoms in total. The summed E-state index contributed by atoms with van der Waals surface area (Å²) < 4.78 is 11.7. The standard InChI is InChI=1S/C18H19N3O3S2/c1-11(13-8-12(23-2)4-5-15(13)24-3)21-16(22)9-26-18-17-14(6-7-25-17)19-10-20-18/h4-8,10-11H,9H2,1-3H3,(H,21,22)/t11-/m0/s1. The summed E-state index contributed by atoms with van der Waals surface area (Å²) in [4.78, 5) is 20.9. The fraction of sp³-hybridized carbons (Fsp3) is 0.278. The number of methoxy groups -OCH3 is 2. The van der Waals surface area contributed by atoms with Crippen LogP contribution in [0.15, 0.2) is 41.0 Å². The first-order chi connectivity index (χ1) is 12.6. The fourth-order valence-electron chi connectivity index (χ4n) is 2.54. The molecule has 0 aliphatic heterocycles. The number of nitrogens with one attached hydrogen (secondary N) is 1. The highest BCUT2D eigenvalue weighted by molar-refractivity contribution is 8.00. The van der Waals surface area contributed by atoms with Crippen molar-refractivity contribution in [2.45, 2.75) is 18.0 Å². The van der Waals surface area contributed by atoms with Crippen molar-refractivity contribution in [3.8, 4) is 11.5 Å². The maximum Gasteiger partial charge on any atom is 0.230 e. The first kappa shape index (κ1) is 18.5. The van der Waals surface area contributed by atoms with Gasteiger partial charge in [-0.15, -0.1) is 11.3 Å². The van der Waals surface area contributed by atoms with Crippen LogP contribution in [-0.4, -0.2) is 35.8 Å². The molecule has 0 fully saturated rings. The number of ether oxygens (including phenoxy) is 2. The second kappa shape index (κ2) is 8.37. The summed E-state index contributed by atoms with van der Waals surface area (Å²) in [6.07, 6.45) is 1.53. The molecule has 3 aromatic rings. The average Bonchev–Trinajstić information content (AvgIpc) is 3.15. The van der Waals surface area contributed by atoms with Crippen LogP contribution >= 0.6 is 23.1 Å². The highest BCUT2D eigenvalue weighted by Crippen LogP contribution is 2.30. The Morgan fingerprint density at radius 3 is 2.88 bits per heavy atom. The van der Waals surface area contributed by atoms with Crippen LogP contribution in [0.4, 0.5) is 0 Å². The predicted octanol–water partition coefficient (Wildman–Crippen LogP) is 3.68. The molecular weight excluding hydrogens is 370 g/mol. The molecule has 2 aromatic heterocycles. The molecule has 3 rings (SSSR count). The Morgan fingerprint density at radius 1 is 1.27 bits per heavy atom. The van der Waals surface area contributed by atoms with Crippen molar-refractivity contribution in [3.63, 3.8) is 0 Å². The van der Waals surface area contributed by atoms with Gasteiger partial charge < -0.3 is 14.8 Å². The molecule has 0 radical (unpaired) electrons. The number of amides is 1. The van der Waals surface area contributed by atoms with Gasteiger partial charge in [-0.25, -0.2) is 9.97 Å². The lowest BCUT2D eigenvalue weighted by atomic mass is 10.1. The largest absolute Gasteiger partial charge is 0.497 e. The number of carbonyl (C=O) groups is 1. The molecule has 0 saturated heterocycles. The molecular formula is C18H19N3O3S2. The summed E-state index contributed by atoms with van der Waals surface area (Å²) in [5.74, 6) is 1.64. The first-order valence-corrected chi connectivity index (χ1v) is 9.81. The molecule has 1 amide bonds. The Labute approximate surface area is 160 Å². The summed E-state index contributed by atoms with van der Waals surface area (Å²) >= 11 is 2.99. The lowest BCUT2D eigenvalue weighted by Gasteiger charge is -2.18. The summed E-state index contributed by atoms with van der Waals surface area (Å²) in [5, 5.41) is 5.80. The van der Waals surface area contributed by atoms with Crippen molar-refractivity contribution in [1.29, 1.82) is 0 Å². The number of thiophene rings is 1. The molecule has 0 unspecified atom stereocenters. The predicted molar refractivity (Wildman–Crippen MR) is 104 cm³/mol. The van der Waals surface area contributed by atoms with Crippen molar-refractivity contribution >= 4 is 39.2 Å². The number of aromatic nitrogens is 2.